The molecule has 3 aliphatic rings. The molecule has 0 radical (unpaired) electrons. The van der Waals surface area contributed by atoms with Crippen LogP contribution in [0.4, 0.5) is 0 Å². The van der Waals surface area contributed by atoms with E-state index in [1.165, 1.54) is 32.1 Å². The summed E-state index contributed by atoms with van der Waals surface area (Å²) >= 11 is 0. The molecule has 3 fully saturated rings. The second kappa shape index (κ2) is 8.71. The Kier molecular flexibility index (Phi) is 7.25. The molecule has 22 heavy (non-hydrogen) atoms. The Morgan fingerprint density at radius 2 is 1.91 bits per heavy atom. The number of nitrogens with one attached hydrogen (secondary N) is 1. The normalized spacial score (nSPS) is 25.2. The SMILES string of the molecule is CCNC(=NCC(C1CC1)C1CC1)N(C)CC1CCOC1.I. The van der Waals surface area contributed by atoms with Gasteiger partial charge in [-0.3, -0.25) is 4.99 Å². The Labute approximate surface area is 152 Å². The van der Waals surface area contributed by atoms with Crippen LogP contribution >= 0.6 is 24.0 Å². The highest BCUT2D eigenvalue weighted by molar-refractivity contribution is 14.0. The van der Waals surface area contributed by atoms with Crippen LogP contribution in [0.15, 0.2) is 4.99 Å². The first kappa shape index (κ1) is 18.3. The fraction of sp³-hybridized carbons (Fsp3) is 0.941. The van der Waals surface area contributed by atoms with Crippen LogP contribution in [-0.4, -0.2) is 50.8 Å². The molecule has 0 aromatic rings. The summed E-state index contributed by atoms with van der Waals surface area (Å²) < 4.78 is 5.49. The van der Waals surface area contributed by atoms with Crippen LogP contribution in [0.5, 0.6) is 0 Å². The van der Waals surface area contributed by atoms with Crippen LogP contribution in [0.25, 0.3) is 0 Å². The molecule has 0 amide bonds. The van der Waals surface area contributed by atoms with Crippen molar-refractivity contribution >= 4 is 29.9 Å². The van der Waals surface area contributed by atoms with E-state index in [0.29, 0.717) is 5.92 Å². The zero-order chi connectivity index (χ0) is 14.7. The smallest absolute Gasteiger partial charge is 0.193 e. The molecule has 5 heteroatoms. The molecule has 1 N–H and O–H groups in total. The molecule has 1 aliphatic heterocycles. The fourth-order valence-electron chi connectivity index (χ4n) is 3.59. The van der Waals surface area contributed by atoms with E-state index in [4.69, 9.17) is 9.73 Å². The van der Waals surface area contributed by atoms with Crippen LogP contribution in [0.2, 0.25) is 0 Å². The minimum absolute atomic E-state index is 0. The topological polar surface area (TPSA) is 36.9 Å². The van der Waals surface area contributed by atoms with Crippen LogP contribution in [0, 0.1) is 23.7 Å². The maximum atomic E-state index is 5.49. The highest BCUT2D eigenvalue weighted by Gasteiger charge is 2.41. The fourth-order valence-corrected chi connectivity index (χ4v) is 3.59. The highest BCUT2D eigenvalue weighted by atomic mass is 127. The molecule has 0 aromatic carbocycles. The van der Waals surface area contributed by atoms with Gasteiger partial charge in [0.2, 0.25) is 0 Å². The summed E-state index contributed by atoms with van der Waals surface area (Å²) in [6.07, 6.45) is 6.98. The van der Waals surface area contributed by atoms with Gasteiger partial charge in [0.25, 0.3) is 0 Å². The van der Waals surface area contributed by atoms with Crippen LogP contribution in [0.3, 0.4) is 0 Å². The Bertz CT molecular complexity index is 351. The number of hydrogen-bond donors (Lipinski definition) is 1. The predicted molar refractivity (Wildman–Crippen MR) is 102 cm³/mol. The van der Waals surface area contributed by atoms with Gasteiger partial charge in [-0.1, -0.05) is 0 Å². The minimum atomic E-state index is 0. The van der Waals surface area contributed by atoms with E-state index in [-0.39, 0.29) is 24.0 Å². The summed E-state index contributed by atoms with van der Waals surface area (Å²) in [5, 5.41) is 3.47. The van der Waals surface area contributed by atoms with Gasteiger partial charge in [0, 0.05) is 39.2 Å². The molecule has 2 aliphatic carbocycles. The minimum Gasteiger partial charge on any atom is -0.381 e. The molecule has 128 valence electrons. The predicted octanol–water partition coefficient (Wildman–Crippen LogP) is 2.97. The maximum Gasteiger partial charge on any atom is 0.193 e. The van der Waals surface area contributed by atoms with Gasteiger partial charge in [-0.25, -0.2) is 0 Å². The maximum absolute atomic E-state index is 5.49. The van der Waals surface area contributed by atoms with E-state index < -0.39 is 0 Å². The summed E-state index contributed by atoms with van der Waals surface area (Å²) in [7, 11) is 2.17. The zero-order valence-corrected chi connectivity index (χ0v) is 16.4. The van der Waals surface area contributed by atoms with Gasteiger partial charge >= 0.3 is 0 Å². The van der Waals surface area contributed by atoms with Crippen molar-refractivity contribution in [2.75, 3.05) is 39.9 Å². The molecule has 1 saturated heterocycles. The van der Waals surface area contributed by atoms with Crippen molar-refractivity contribution in [1.82, 2.24) is 10.2 Å². The first-order valence-electron chi connectivity index (χ1n) is 8.85. The van der Waals surface area contributed by atoms with Gasteiger partial charge in [0.05, 0.1) is 6.61 Å². The number of aliphatic imine (C=N–C) groups is 1. The number of ether oxygens (including phenoxy) is 1. The molecule has 4 nitrogen and oxygen atoms in total. The van der Waals surface area contributed by atoms with E-state index >= 15 is 0 Å². The van der Waals surface area contributed by atoms with E-state index in [1.54, 1.807) is 0 Å². The second-order valence-electron chi connectivity index (χ2n) is 7.14. The molecule has 0 bridgehead atoms. The lowest BCUT2D eigenvalue weighted by Gasteiger charge is -2.25. The van der Waals surface area contributed by atoms with Crippen molar-refractivity contribution in [2.24, 2.45) is 28.7 Å². The summed E-state index contributed by atoms with van der Waals surface area (Å²) in [5.41, 5.74) is 0. The van der Waals surface area contributed by atoms with Gasteiger partial charge in [0.1, 0.15) is 0 Å². The summed E-state index contributed by atoms with van der Waals surface area (Å²) in [6, 6.07) is 0. The highest BCUT2D eigenvalue weighted by Crippen LogP contribution is 2.49. The number of rotatable bonds is 7. The lowest BCUT2D eigenvalue weighted by molar-refractivity contribution is 0.181. The number of guanidine groups is 1. The van der Waals surface area contributed by atoms with E-state index in [0.717, 1.165) is 56.6 Å². The van der Waals surface area contributed by atoms with Crippen molar-refractivity contribution in [3.8, 4) is 0 Å². The van der Waals surface area contributed by atoms with E-state index in [9.17, 15) is 0 Å². The molecule has 0 spiro atoms. The van der Waals surface area contributed by atoms with Crippen LogP contribution < -0.4 is 5.32 Å². The zero-order valence-electron chi connectivity index (χ0n) is 14.1. The van der Waals surface area contributed by atoms with Crippen molar-refractivity contribution in [3.63, 3.8) is 0 Å². The molecule has 3 rings (SSSR count). The molecule has 0 aromatic heterocycles. The monoisotopic (exact) mass is 421 g/mol. The summed E-state index contributed by atoms with van der Waals surface area (Å²) in [5.74, 6) is 4.59. The Hall–Kier alpha value is -0.0400. The largest absolute Gasteiger partial charge is 0.381 e. The quantitative estimate of drug-likeness (QED) is 0.390. The Morgan fingerprint density at radius 3 is 2.41 bits per heavy atom. The first-order chi connectivity index (χ1) is 10.3. The second-order valence-corrected chi connectivity index (χ2v) is 7.14. The average molecular weight is 421 g/mol. The van der Waals surface area contributed by atoms with Gasteiger partial charge in [-0.15, -0.1) is 24.0 Å². The van der Waals surface area contributed by atoms with E-state index in [2.05, 4.69) is 24.2 Å². The first-order valence-corrected chi connectivity index (χ1v) is 8.85. The molecular weight excluding hydrogens is 389 g/mol. The van der Waals surface area contributed by atoms with Gasteiger partial charge in [0.15, 0.2) is 5.96 Å². The standard InChI is InChI=1S/C17H31N3O.HI/c1-3-18-17(20(2)11-13-8-9-21-12-13)19-10-16(14-4-5-14)15-6-7-15;/h13-16H,3-12H2,1-2H3,(H,18,19);1H. The van der Waals surface area contributed by atoms with Crippen molar-refractivity contribution in [1.29, 1.82) is 0 Å². The molecule has 1 atom stereocenters. The van der Waals surface area contributed by atoms with Crippen molar-refractivity contribution < 1.29 is 4.74 Å². The van der Waals surface area contributed by atoms with Crippen molar-refractivity contribution in [2.45, 2.75) is 39.0 Å². The number of halogens is 1. The van der Waals surface area contributed by atoms with E-state index in [1.807, 2.05) is 0 Å². The summed E-state index contributed by atoms with van der Waals surface area (Å²) in [6.45, 7) is 7.03. The molecular formula is C17H32IN3O. The number of hydrogen-bond acceptors (Lipinski definition) is 2. The lowest BCUT2D eigenvalue weighted by atomic mass is 9.98. The third kappa shape index (κ3) is 5.25. The molecule has 1 heterocycles. The number of nitrogens with zero attached hydrogens (tertiary/aromatic N) is 2. The lowest BCUT2D eigenvalue weighted by Crippen LogP contribution is -2.41. The molecule has 1 unspecified atom stereocenters. The third-order valence-corrected chi connectivity index (χ3v) is 5.16. The van der Waals surface area contributed by atoms with Gasteiger partial charge in [-0.05, 0) is 56.8 Å². The van der Waals surface area contributed by atoms with Crippen molar-refractivity contribution in [3.05, 3.63) is 0 Å². The Balaban J connectivity index is 0.00000176. The van der Waals surface area contributed by atoms with Gasteiger partial charge < -0.3 is 15.0 Å². The van der Waals surface area contributed by atoms with Gasteiger partial charge in [-0.2, -0.15) is 0 Å². The van der Waals surface area contributed by atoms with Crippen LogP contribution in [0.1, 0.15) is 39.0 Å². The molecule has 2 saturated carbocycles. The van der Waals surface area contributed by atoms with Crippen LogP contribution in [-0.2, 0) is 4.74 Å². The third-order valence-electron chi connectivity index (χ3n) is 5.16. The average Bonchev–Trinajstić information content (AvgIpc) is 3.40. The summed E-state index contributed by atoms with van der Waals surface area (Å²) in [4.78, 5) is 7.27. The Morgan fingerprint density at radius 1 is 1.23 bits per heavy atom.